The van der Waals surface area contributed by atoms with Crippen LogP contribution in [-0.2, 0) is 16.0 Å². The van der Waals surface area contributed by atoms with Crippen molar-refractivity contribution < 1.29 is 9.53 Å². The lowest BCUT2D eigenvalue weighted by Crippen LogP contribution is -2.38. The van der Waals surface area contributed by atoms with Crippen molar-refractivity contribution in [3.63, 3.8) is 0 Å². The first-order valence-electron chi connectivity index (χ1n) is 10.4. The number of ether oxygens (including phenoxy) is 1. The number of hydrogen-bond acceptors (Lipinski definition) is 4. The Labute approximate surface area is 186 Å². The van der Waals surface area contributed by atoms with E-state index in [1.54, 1.807) is 0 Å². The number of hydrogen-bond donors (Lipinski definition) is 0. The molecule has 6 heteroatoms. The van der Waals surface area contributed by atoms with Gasteiger partial charge in [0.2, 0.25) is 5.91 Å². The first-order valence-corrected chi connectivity index (χ1v) is 11.6. The summed E-state index contributed by atoms with van der Waals surface area (Å²) in [6.07, 6.45) is 2.41. The summed E-state index contributed by atoms with van der Waals surface area (Å²) in [6.45, 7) is 9.55. The van der Waals surface area contributed by atoms with Gasteiger partial charge in [-0.1, -0.05) is 46.7 Å². The summed E-state index contributed by atoms with van der Waals surface area (Å²) in [5.41, 5.74) is 6.55. The van der Waals surface area contributed by atoms with E-state index in [0.717, 1.165) is 51.9 Å². The van der Waals surface area contributed by atoms with Gasteiger partial charge in [0, 0.05) is 6.61 Å². The minimum Gasteiger partial charge on any atom is -0.376 e. The molecule has 1 atom stereocenters. The Morgan fingerprint density at radius 2 is 1.93 bits per heavy atom. The number of amides is 1. The zero-order valence-corrected chi connectivity index (χ0v) is 19.5. The first-order chi connectivity index (χ1) is 14.3. The van der Waals surface area contributed by atoms with Crippen molar-refractivity contribution in [1.82, 2.24) is 4.98 Å². The van der Waals surface area contributed by atoms with Crippen LogP contribution in [0.15, 0.2) is 24.3 Å². The van der Waals surface area contributed by atoms with Crippen molar-refractivity contribution in [3.8, 4) is 0 Å². The summed E-state index contributed by atoms with van der Waals surface area (Å²) >= 11 is 7.91. The van der Waals surface area contributed by atoms with Gasteiger partial charge in [-0.2, -0.15) is 0 Å². The van der Waals surface area contributed by atoms with Crippen LogP contribution < -0.4 is 4.90 Å². The van der Waals surface area contributed by atoms with E-state index in [2.05, 4.69) is 32.9 Å². The number of anilines is 1. The lowest BCUT2D eigenvalue weighted by molar-refractivity contribution is -0.118. The standard InChI is InChI=1S/C24H27ClN2O2S/c1-14-10-16(3)19(17(4)11-14)12-21(28)27(13-18-6-5-9-29-18)24-26-22-15(2)7-8-20(25)23(22)30-24/h7-8,10-11,18H,5-6,9,12-13H2,1-4H3. The number of benzene rings is 2. The highest BCUT2D eigenvalue weighted by Crippen LogP contribution is 2.36. The molecule has 4 nitrogen and oxygen atoms in total. The fourth-order valence-corrected chi connectivity index (χ4v) is 5.56. The molecule has 1 saturated heterocycles. The average molecular weight is 443 g/mol. The Hall–Kier alpha value is -1.95. The molecule has 0 aliphatic carbocycles. The third-order valence-electron chi connectivity index (χ3n) is 5.80. The van der Waals surface area contributed by atoms with Crippen molar-refractivity contribution in [2.24, 2.45) is 0 Å². The van der Waals surface area contributed by atoms with Gasteiger partial charge in [-0.3, -0.25) is 9.69 Å². The maximum Gasteiger partial charge on any atom is 0.233 e. The molecule has 158 valence electrons. The maximum atomic E-state index is 13.5. The van der Waals surface area contributed by atoms with Gasteiger partial charge in [-0.25, -0.2) is 4.98 Å². The molecular weight excluding hydrogens is 416 g/mol. The molecule has 0 N–H and O–H groups in total. The quantitative estimate of drug-likeness (QED) is 0.491. The van der Waals surface area contributed by atoms with Crippen molar-refractivity contribution in [2.45, 2.75) is 53.1 Å². The highest BCUT2D eigenvalue weighted by atomic mass is 35.5. The van der Waals surface area contributed by atoms with E-state index >= 15 is 0 Å². The van der Waals surface area contributed by atoms with Gasteiger partial charge in [0.15, 0.2) is 5.13 Å². The molecule has 1 aromatic heterocycles. The number of carbonyl (C=O) groups excluding carboxylic acids is 1. The summed E-state index contributed by atoms with van der Waals surface area (Å²) in [4.78, 5) is 20.2. The van der Waals surface area contributed by atoms with E-state index in [4.69, 9.17) is 21.3 Å². The molecule has 30 heavy (non-hydrogen) atoms. The molecule has 1 fully saturated rings. The Balaban J connectivity index is 1.70. The van der Waals surface area contributed by atoms with Crippen LogP contribution in [-0.4, -0.2) is 30.1 Å². The van der Waals surface area contributed by atoms with E-state index < -0.39 is 0 Å². The summed E-state index contributed by atoms with van der Waals surface area (Å²) in [5.74, 6) is 0.0494. The predicted molar refractivity (Wildman–Crippen MR) is 125 cm³/mol. The molecule has 1 aliphatic heterocycles. The second-order valence-corrected chi connectivity index (χ2v) is 9.62. The van der Waals surface area contributed by atoms with Crippen LogP contribution in [0.5, 0.6) is 0 Å². The molecule has 1 aliphatic rings. The minimum atomic E-state index is 0.0494. The molecule has 3 aromatic rings. The maximum absolute atomic E-state index is 13.5. The van der Waals surface area contributed by atoms with Gasteiger partial charge >= 0.3 is 0 Å². The number of aryl methyl sites for hydroxylation is 4. The molecule has 0 bridgehead atoms. The lowest BCUT2D eigenvalue weighted by Gasteiger charge is -2.24. The van der Waals surface area contributed by atoms with Crippen LogP contribution in [0.4, 0.5) is 5.13 Å². The number of rotatable bonds is 5. The molecular formula is C24H27ClN2O2S. The largest absolute Gasteiger partial charge is 0.376 e. The minimum absolute atomic E-state index is 0.0494. The van der Waals surface area contributed by atoms with E-state index in [1.807, 2.05) is 24.0 Å². The van der Waals surface area contributed by atoms with Crippen molar-refractivity contribution in [1.29, 1.82) is 0 Å². The molecule has 0 spiro atoms. The van der Waals surface area contributed by atoms with Crippen LogP contribution >= 0.6 is 22.9 Å². The lowest BCUT2D eigenvalue weighted by atomic mass is 9.97. The number of halogens is 1. The third kappa shape index (κ3) is 4.25. The van der Waals surface area contributed by atoms with Crippen LogP contribution in [0.3, 0.4) is 0 Å². The van der Waals surface area contributed by atoms with E-state index in [1.165, 1.54) is 16.9 Å². The van der Waals surface area contributed by atoms with Crippen LogP contribution in [0.25, 0.3) is 10.2 Å². The van der Waals surface area contributed by atoms with Gasteiger partial charge < -0.3 is 4.74 Å². The molecule has 1 unspecified atom stereocenters. The highest BCUT2D eigenvalue weighted by Gasteiger charge is 2.27. The van der Waals surface area contributed by atoms with Crippen molar-refractivity contribution in [3.05, 3.63) is 57.1 Å². The SMILES string of the molecule is Cc1cc(C)c(CC(=O)N(CC2CCCO2)c2nc3c(C)ccc(Cl)c3s2)c(C)c1. The van der Waals surface area contributed by atoms with Gasteiger partial charge in [0.25, 0.3) is 0 Å². The zero-order chi connectivity index (χ0) is 21.4. The van der Waals surface area contributed by atoms with Gasteiger partial charge in [-0.15, -0.1) is 0 Å². The number of aromatic nitrogens is 1. The second kappa shape index (κ2) is 8.66. The first kappa shape index (κ1) is 21.3. The fourth-order valence-electron chi connectivity index (χ4n) is 4.22. The van der Waals surface area contributed by atoms with Gasteiger partial charge in [0.05, 0.1) is 34.3 Å². The Morgan fingerprint density at radius 3 is 2.57 bits per heavy atom. The van der Waals surface area contributed by atoms with Crippen molar-refractivity contribution >= 4 is 44.2 Å². The van der Waals surface area contributed by atoms with Crippen LogP contribution in [0.2, 0.25) is 5.02 Å². The number of carbonyl (C=O) groups is 1. The predicted octanol–water partition coefficient (Wildman–Crippen LogP) is 5.94. The Bertz CT molecular complexity index is 1040. The smallest absolute Gasteiger partial charge is 0.233 e. The molecule has 2 aromatic carbocycles. The van der Waals surface area contributed by atoms with E-state index in [-0.39, 0.29) is 12.0 Å². The van der Waals surface area contributed by atoms with E-state index in [0.29, 0.717) is 23.1 Å². The summed E-state index contributed by atoms with van der Waals surface area (Å²) < 4.78 is 6.78. The van der Waals surface area contributed by atoms with Crippen molar-refractivity contribution in [2.75, 3.05) is 18.1 Å². The monoisotopic (exact) mass is 442 g/mol. The zero-order valence-electron chi connectivity index (χ0n) is 17.9. The molecule has 2 heterocycles. The van der Waals surface area contributed by atoms with Gasteiger partial charge in [0.1, 0.15) is 0 Å². The fraction of sp³-hybridized carbons (Fsp3) is 0.417. The number of nitrogens with zero attached hydrogens (tertiary/aromatic N) is 2. The van der Waals surface area contributed by atoms with Crippen LogP contribution in [0.1, 0.15) is 40.7 Å². The Morgan fingerprint density at radius 1 is 1.20 bits per heavy atom. The van der Waals surface area contributed by atoms with Gasteiger partial charge in [-0.05, 0) is 68.9 Å². The molecule has 0 saturated carbocycles. The third-order valence-corrected chi connectivity index (χ3v) is 7.34. The average Bonchev–Trinajstić information content (AvgIpc) is 3.35. The number of fused-ring (bicyclic) bond motifs is 1. The normalized spacial score (nSPS) is 16.4. The van der Waals surface area contributed by atoms with E-state index in [9.17, 15) is 4.79 Å². The second-order valence-electron chi connectivity index (χ2n) is 8.23. The topological polar surface area (TPSA) is 42.4 Å². The summed E-state index contributed by atoms with van der Waals surface area (Å²) in [5, 5.41) is 1.37. The molecule has 0 radical (unpaired) electrons. The summed E-state index contributed by atoms with van der Waals surface area (Å²) in [6, 6.07) is 8.15. The number of thiazole rings is 1. The molecule has 4 rings (SSSR count). The Kier molecular flexibility index (Phi) is 6.14. The summed E-state index contributed by atoms with van der Waals surface area (Å²) in [7, 11) is 0. The van der Waals surface area contributed by atoms with Crippen LogP contribution in [0, 0.1) is 27.7 Å². The molecule has 1 amide bonds. The highest BCUT2D eigenvalue weighted by molar-refractivity contribution is 7.23.